The number of aryl methyl sites for hydroxylation is 2. The average molecular weight is 455 g/mol. The van der Waals surface area contributed by atoms with Crippen LogP contribution in [0.15, 0.2) is 65.6 Å². The molecule has 8 heteroatoms. The molecule has 0 fully saturated rings. The number of hydrogen-bond acceptors (Lipinski definition) is 5. The van der Waals surface area contributed by atoms with Crippen LogP contribution in [0.1, 0.15) is 16.7 Å². The molecule has 0 aliphatic rings. The van der Waals surface area contributed by atoms with E-state index < -0.39 is 10.0 Å². The Hall–Kier alpha value is -3.52. The smallest absolute Gasteiger partial charge is 0.265 e. The molecule has 0 saturated carbocycles. The van der Waals surface area contributed by atoms with E-state index in [4.69, 9.17) is 9.47 Å². The molecule has 0 atom stereocenters. The number of nitrogens with one attached hydrogen (secondary N) is 2. The van der Waals surface area contributed by atoms with E-state index in [2.05, 4.69) is 10.0 Å². The van der Waals surface area contributed by atoms with Gasteiger partial charge in [-0.15, -0.1) is 0 Å². The lowest BCUT2D eigenvalue weighted by Gasteiger charge is -2.14. The second-order valence-electron chi connectivity index (χ2n) is 7.34. The summed E-state index contributed by atoms with van der Waals surface area (Å²) in [5.41, 5.74) is 3.88. The van der Waals surface area contributed by atoms with Crippen molar-refractivity contribution in [2.45, 2.75) is 25.2 Å². The quantitative estimate of drug-likeness (QED) is 0.529. The number of hydrogen-bond donors (Lipinski definition) is 2. The molecule has 2 N–H and O–H groups in total. The summed E-state index contributed by atoms with van der Waals surface area (Å²) in [5.74, 6) is 0.530. The van der Waals surface area contributed by atoms with E-state index in [1.807, 2.05) is 32.0 Å². The molecule has 0 aromatic heterocycles. The van der Waals surface area contributed by atoms with Crippen molar-refractivity contribution >= 4 is 27.3 Å². The van der Waals surface area contributed by atoms with Crippen LogP contribution in [-0.2, 0) is 21.2 Å². The monoisotopic (exact) mass is 454 g/mol. The topological polar surface area (TPSA) is 93.7 Å². The molecule has 0 heterocycles. The zero-order valence-corrected chi connectivity index (χ0v) is 19.2. The van der Waals surface area contributed by atoms with Gasteiger partial charge in [-0.2, -0.15) is 0 Å². The summed E-state index contributed by atoms with van der Waals surface area (Å²) in [4.78, 5) is 12.4. The summed E-state index contributed by atoms with van der Waals surface area (Å²) in [6, 6.07) is 16.8. The number of ether oxygens (including phenoxy) is 2. The summed E-state index contributed by atoms with van der Waals surface area (Å²) in [5, 5.41) is 2.76. The van der Waals surface area contributed by atoms with Crippen molar-refractivity contribution in [2.24, 2.45) is 0 Å². The Morgan fingerprint density at radius 3 is 2.16 bits per heavy atom. The highest BCUT2D eigenvalue weighted by Crippen LogP contribution is 2.29. The standard InChI is InChI=1S/C24H26N2O5S/c1-16-5-6-18(13-17(16)2)14-24(27)25-20-9-12-22(31-4)23(15-20)32(28,29)26-19-7-10-21(30-3)11-8-19/h5-13,15,26H,14H2,1-4H3,(H,25,27). The van der Waals surface area contributed by atoms with Crippen LogP contribution in [0, 0.1) is 13.8 Å². The van der Waals surface area contributed by atoms with Crippen LogP contribution in [0.4, 0.5) is 11.4 Å². The van der Waals surface area contributed by atoms with Crippen LogP contribution in [0.5, 0.6) is 11.5 Å². The van der Waals surface area contributed by atoms with Crippen LogP contribution < -0.4 is 19.5 Å². The van der Waals surface area contributed by atoms with Crippen molar-refractivity contribution in [3.05, 3.63) is 77.4 Å². The van der Waals surface area contributed by atoms with Crippen LogP contribution in [0.25, 0.3) is 0 Å². The van der Waals surface area contributed by atoms with Gasteiger partial charge in [-0.3, -0.25) is 9.52 Å². The largest absolute Gasteiger partial charge is 0.497 e. The van der Waals surface area contributed by atoms with Crippen LogP contribution in [-0.4, -0.2) is 28.5 Å². The van der Waals surface area contributed by atoms with Gasteiger partial charge in [-0.25, -0.2) is 8.42 Å². The molecule has 0 unspecified atom stereocenters. The molecule has 0 radical (unpaired) electrons. The van der Waals surface area contributed by atoms with Gasteiger partial charge in [0.05, 0.1) is 20.6 Å². The summed E-state index contributed by atoms with van der Waals surface area (Å²) in [6.07, 6.45) is 0.180. The lowest BCUT2D eigenvalue weighted by atomic mass is 10.0. The van der Waals surface area contributed by atoms with Crippen LogP contribution in [0.3, 0.4) is 0 Å². The van der Waals surface area contributed by atoms with Crippen molar-refractivity contribution in [1.82, 2.24) is 0 Å². The summed E-state index contributed by atoms with van der Waals surface area (Å²) in [7, 11) is -1.05. The summed E-state index contributed by atoms with van der Waals surface area (Å²) in [6.45, 7) is 4.01. The van der Waals surface area contributed by atoms with E-state index in [9.17, 15) is 13.2 Å². The number of anilines is 2. The van der Waals surface area contributed by atoms with Crippen molar-refractivity contribution in [3.63, 3.8) is 0 Å². The Bertz CT molecular complexity index is 1220. The molecule has 168 valence electrons. The number of amides is 1. The number of rotatable bonds is 8. The predicted molar refractivity (Wildman–Crippen MR) is 125 cm³/mol. The molecule has 0 bridgehead atoms. The normalized spacial score (nSPS) is 11.0. The van der Waals surface area contributed by atoms with E-state index in [1.54, 1.807) is 30.3 Å². The zero-order valence-electron chi connectivity index (χ0n) is 18.4. The van der Waals surface area contributed by atoms with Gasteiger partial charge in [0.2, 0.25) is 5.91 Å². The Labute approximate surface area is 188 Å². The molecule has 32 heavy (non-hydrogen) atoms. The molecule has 1 amide bonds. The lowest BCUT2D eigenvalue weighted by molar-refractivity contribution is -0.115. The highest BCUT2D eigenvalue weighted by atomic mass is 32.2. The minimum Gasteiger partial charge on any atom is -0.497 e. The van der Waals surface area contributed by atoms with Crippen molar-refractivity contribution in [2.75, 3.05) is 24.3 Å². The Morgan fingerprint density at radius 2 is 1.53 bits per heavy atom. The third-order valence-corrected chi connectivity index (χ3v) is 6.42. The Balaban J connectivity index is 1.80. The Morgan fingerprint density at radius 1 is 0.844 bits per heavy atom. The van der Waals surface area contributed by atoms with Gasteiger partial charge in [0.1, 0.15) is 16.4 Å². The molecule has 0 saturated heterocycles. The number of carbonyl (C=O) groups is 1. The van der Waals surface area contributed by atoms with E-state index in [1.165, 1.54) is 26.4 Å². The first kappa shape index (κ1) is 23.1. The third-order valence-electron chi connectivity index (χ3n) is 5.02. The second kappa shape index (κ2) is 9.74. The number of methoxy groups -OCH3 is 2. The first-order chi connectivity index (χ1) is 15.2. The minimum absolute atomic E-state index is 0.0835. The SMILES string of the molecule is COc1ccc(NS(=O)(=O)c2cc(NC(=O)Cc3ccc(C)c(C)c3)ccc2OC)cc1. The highest BCUT2D eigenvalue weighted by molar-refractivity contribution is 7.92. The summed E-state index contributed by atoms with van der Waals surface area (Å²) < 4.78 is 38.8. The number of benzene rings is 3. The summed E-state index contributed by atoms with van der Waals surface area (Å²) >= 11 is 0. The van der Waals surface area contributed by atoms with Crippen LogP contribution >= 0.6 is 0 Å². The van der Waals surface area contributed by atoms with Gasteiger partial charge in [-0.1, -0.05) is 18.2 Å². The zero-order chi connectivity index (χ0) is 23.3. The molecule has 0 spiro atoms. The fourth-order valence-electron chi connectivity index (χ4n) is 3.14. The van der Waals surface area contributed by atoms with Gasteiger partial charge in [0.25, 0.3) is 10.0 Å². The van der Waals surface area contributed by atoms with Gasteiger partial charge in [-0.05, 0) is 73.0 Å². The van der Waals surface area contributed by atoms with Crippen LogP contribution in [0.2, 0.25) is 0 Å². The van der Waals surface area contributed by atoms with E-state index in [0.29, 0.717) is 17.1 Å². The molecule has 3 rings (SSSR count). The van der Waals surface area contributed by atoms with E-state index in [-0.39, 0.29) is 23.0 Å². The molecule has 3 aromatic rings. The van der Waals surface area contributed by atoms with Gasteiger partial charge < -0.3 is 14.8 Å². The lowest BCUT2D eigenvalue weighted by Crippen LogP contribution is -2.17. The average Bonchev–Trinajstić information content (AvgIpc) is 2.76. The maximum Gasteiger partial charge on any atom is 0.265 e. The fourth-order valence-corrected chi connectivity index (χ4v) is 4.39. The molecule has 0 aliphatic heterocycles. The molecule has 3 aromatic carbocycles. The second-order valence-corrected chi connectivity index (χ2v) is 8.99. The molecule has 7 nitrogen and oxygen atoms in total. The predicted octanol–water partition coefficient (Wildman–Crippen LogP) is 4.30. The maximum atomic E-state index is 13.0. The minimum atomic E-state index is -3.97. The fraction of sp³-hybridized carbons (Fsp3) is 0.208. The maximum absolute atomic E-state index is 13.0. The molecular weight excluding hydrogens is 428 g/mol. The molecule has 0 aliphatic carbocycles. The Kier molecular flexibility index (Phi) is 7.05. The van der Waals surface area contributed by atoms with E-state index >= 15 is 0 Å². The van der Waals surface area contributed by atoms with Crippen molar-refractivity contribution in [1.29, 1.82) is 0 Å². The first-order valence-corrected chi connectivity index (χ1v) is 11.4. The number of sulfonamides is 1. The van der Waals surface area contributed by atoms with Crippen molar-refractivity contribution < 1.29 is 22.7 Å². The molecular formula is C24H26N2O5S. The highest BCUT2D eigenvalue weighted by Gasteiger charge is 2.21. The van der Waals surface area contributed by atoms with Gasteiger partial charge in [0, 0.05) is 11.4 Å². The van der Waals surface area contributed by atoms with E-state index in [0.717, 1.165) is 16.7 Å². The first-order valence-electron chi connectivity index (χ1n) is 9.92. The van der Waals surface area contributed by atoms with Gasteiger partial charge in [0.15, 0.2) is 0 Å². The number of carbonyl (C=O) groups excluding carboxylic acids is 1. The third kappa shape index (κ3) is 5.59. The van der Waals surface area contributed by atoms with Crippen molar-refractivity contribution in [3.8, 4) is 11.5 Å². The van der Waals surface area contributed by atoms with Gasteiger partial charge >= 0.3 is 0 Å².